The van der Waals surface area contributed by atoms with Crippen LogP contribution in [0.4, 0.5) is 14.5 Å². The minimum atomic E-state index is -2.96. The summed E-state index contributed by atoms with van der Waals surface area (Å²) in [6.07, 6.45) is 0. The Kier molecular flexibility index (Phi) is 7.55. The molecule has 0 saturated carbocycles. The van der Waals surface area contributed by atoms with Crippen LogP contribution in [0.2, 0.25) is 0 Å². The smallest absolute Gasteiger partial charge is 0.387 e. The lowest BCUT2D eigenvalue weighted by Gasteiger charge is -2.20. The molecule has 146 valence electrons. The van der Waals surface area contributed by atoms with E-state index in [9.17, 15) is 13.6 Å². The molecule has 0 fully saturated rings. The molecule has 2 aromatic rings. The quantitative estimate of drug-likeness (QED) is 0.715. The molecule has 27 heavy (non-hydrogen) atoms. The van der Waals surface area contributed by atoms with Gasteiger partial charge in [0.05, 0.1) is 13.2 Å². The number of anilines is 1. The Labute approximate surface area is 157 Å². The molecule has 0 atom stereocenters. The van der Waals surface area contributed by atoms with Crippen molar-refractivity contribution >= 4 is 11.6 Å². The minimum absolute atomic E-state index is 0.000132. The van der Waals surface area contributed by atoms with Crippen LogP contribution in [0.3, 0.4) is 0 Å². The number of para-hydroxylation sites is 1. The van der Waals surface area contributed by atoms with Gasteiger partial charge in [-0.1, -0.05) is 29.8 Å². The molecular formula is C20H24F2N2O3. The molecule has 0 radical (unpaired) electrons. The largest absolute Gasteiger partial charge is 0.490 e. The van der Waals surface area contributed by atoms with Gasteiger partial charge in [-0.2, -0.15) is 8.78 Å². The number of ether oxygens (including phenoxy) is 2. The summed E-state index contributed by atoms with van der Waals surface area (Å²) >= 11 is 0. The molecule has 0 aromatic heterocycles. The van der Waals surface area contributed by atoms with Crippen molar-refractivity contribution in [2.75, 3.05) is 25.5 Å². The van der Waals surface area contributed by atoms with Gasteiger partial charge in [0.2, 0.25) is 5.91 Å². The van der Waals surface area contributed by atoms with Gasteiger partial charge in [-0.15, -0.1) is 0 Å². The van der Waals surface area contributed by atoms with Gasteiger partial charge in [-0.3, -0.25) is 9.69 Å². The Balaban J connectivity index is 2.03. The third kappa shape index (κ3) is 6.53. The number of hydrogen-bond donors (Lipinski definition) is 1. The van der Waals surface area contributed by atoms with Crippen LogP contribution in [-0.4, -0.2) is 37.6 Å². The number of aryl methyl sites for hydroxylation is 1. The summed E-state index contributed by atoms with van der Waals surface area (Å²) in [5.41, 5.74) is 2.33. The number of hydrogen-bond acceptors (Lipinski definition) is 4. The van der Waals surface area contributed by atoms with Crippen LogP contribution in [0, 0.1) is 6.92 Å². The van der Waals surface area contributed by atoms with Crippen molar-refractivity contribution in [3.8, 4) is 11.5 Å². The van der Waals surface area contributed by atoms with Crippen LogP contribution >= 0.6 is 0 Å². The molecule has 2 aromatic carbocycles. The van der Waals surface area contributed by atoms with Crippen LogP contribution in [0.1, 0.15) is 18.1 Å². The number of alkyl halides is 2. The van der Waals surface area contributed by atoms with Crippen molar-refractivity contribution < 1.29 is 23.0 Å². The van der Waals surface area contributed by atoms with Crippen molar-refractivity contribution in [2.24, 2.45) is 0 Å². The molecule has 0 unspecified atom stereocenters. The predicted octanol–water partition coefficient (Wildman–Crippen LogP) is 4.07. The highest BCUT2D eigenvalue weighted by molar-refractivity contribution is 5.92. The number of halogens is 2. The Morgan fingerprint density at radius 2 is 1.89 bits per heavy atom. The maximum absolute atomic E-state index is 12.8. The van der Waals surface area contributed by atoms with Crippen LogP contribution in [0.5, 0.6) is 11.5 Å². The topological polar surface area (TPSA) is 50.8 Å². The molecule has 0 saturated heterocycles. The molecule has 0 aliphatic rings. The standard InChI is InChI=1S/C20H24F2N2O3/c1-4-26-17-7-5-6-15(19(17)27-20(21)22)12-24(3)13-18(25)23-16-10-8-14(2)9-11-16/h5-11,20H,4,12-13H2,1-3H3,(H,23,25). The van der Waals surface area contributed by atoms with Crippen molar-refractivity contribution in [3.63, 3.8) is 0 Å². The first-order valence-corrected chi connectivity index (χ1v) is 8.63. The van der Waals surface area contributed by atoms with Gasteiger partial charge < -0.3 is 14.8 Å². The molecule has 2 rings (SSSR count). The van der Waals surface area contributed by atoms with E-state index in [1.807, 2.05) is 31.2 Å². The normalized spacial score (nSPS) is 10.9. The molecule has 0 aliphatic heterocycles. The Bertz CT molecular complexity index is 751. The second-order valence-electron chi connectivity index (χ2n) is 6.14. The zero-order valence-corrected chi connectivity index (χ0v) is 15.7. The summed E-state index contributed by atoms with van der Waals surface area (Å²) in [7, 11) is 1.73. The van der Waals surface area contributed by atoms with Gasteiger partial charge in [0, 0.05) is 17.8 Å². The van der Waals surface area contributed by atoms with Gasteiger partial charge in [0.1, 0.15) is 0 Å². The SMILES string of the molecule is CCOc1cccc(CN(C)CC(=O)Nc2ccc(C)cc2)c1OC(F)F. The van der Waals surface area contributed by atoms with E-state index in [2.05, 4.69) is 10.1 Å². The van der Waals surface area contributed by atoms with E-state index in [0.29, 0.717) is 17.9 Å². The van der Waals surface area contributed by atoms with Crippen LogP contribution in [0.25, 0.3) is 0 Å². The number of benzene rings is 2. The van der Waals surface area contributed by atoms with E-state index in [1.165, 1.54) is 0 Å². The first-order valence-electron chi connectivity index (χ1n) is 8.63. The maximum atomic E-state index is 12.8. The minimum Gasteiger partial charge on any atom is -0.490 e. The third-order valence-electron chi connectivity index (χ3n) is 3.76. The molecule has 0 bridgehead atoms. The van der Waals surface area contributed by atoms with Crippen LogP contribution in [0.15, 0.2) is 42.5 Å². The first-order chi connectivity index (χ1) is 12.9. The average Bonchev–Trinajstić information content (AvgIpc) is 2.59. The van der Waals surface area contributed by atoms with E-state index in [4.69, 9.17) is 4.74 Å². The summed E-state index contributed by atoms with van der Waals surface area (Å²) in [4.78, 5) is 13.9. The highest BCUT2D eigenvalue weighted by Gasteiger charge is 2.17. The van der Waals surface area contributed by atoms with E-state index < -0.39 is 6.61 Å². The molecule has 1 N–H and O–H groups in total. The molecular weight excluding hydrogens is 354 g/mol. The summed E-state index contributed by atoms with van der Waals surface area (Å²) in [5.74, 6) is 0.0617. The lowest BCUT2D eigenvalue weighted by atomic mass is 10.1. The summed E-state index contributed by atoms with van der Waals surface area (Å²) in [5, 5.41) is 2.81. The Morgan fingerprint density at radius 3 is 2.52 bits per heavy atom. The van der Waals surface area contributed by atoms with Crippen molar-refractivity contribution in [3.05, 3.63) is 53.6 Å². The monoisotopic (exact) mass is 378 g/mol. The fourth-order valence-corrected chi connectivity index (χ4v) is 2.61. The second kappa shape index (κ2) is 9.87. The van der Waals surface area contributed by atoms with Gasteiger partial charge in [0.15, 0.2) is 11.5 Å². The fourth-order valence-electron chi connectivity index (χ4n) is 2.61. The molecule has 0 heterocycles. The van der Waals surface area contributed by atoms with E-state index >= 15 is 0 Å². The molecule has 0 spiro atoms. The average molecular weight is 378 g/mol. The predicted molar refractivity (Wildman–Crippen MR) is 100 cm³/mol. The number of carbonyl (C=O) groups excluding carboxylic acids is 1. The van der Waals surface area contributed by atoms with Crippen molar-refractivity contribution in [1.29, 1.82) is 0 Å². The third-order valence-corrected chi connectivity index (χ3v) is 3.76. The number of rotatable bonds is 9. The molecule has 7 heteroatoms. The van der Waals surface area contributed by atoms with Crippen LogP contribution < -0.4 is 14.8 Å². The van der Waals surface area contributed by atoms with Gasteiger partial charge in [-0.05, 0) is 39.1 Å². The number of nitrogens with zero attached hydrogens (tertiary/aromatic N) is 1. The number of carbonyl (C=O) groups is 1. The lowest BCUT2D eigenvalue weighted by Crippen LogP contribution is -2.30. The Morgan fingerprint density at radius 1 is 1.19 bits per heavy atom. The van der Waals surface area contributed by atoms with Gasteiger partial charge in [-0.25, -0.2) is 0 Å². The highest BCUT2D eigenvalue weighted by atomic mass is 19.3. The number of likely N-dealkylation sites (N-methyl/N-ethyl adjacent to an activating group) is 1. The van der Waals surface area contributed by atoms with Crippen molar-refractivity contribution in [1.82, 2.24) is 4.90 Å². The van der Waals surface area contributed by atoms with E-state index in [0.717, 1.165) is 5.56 Å². The second-order valence-corrected chi connectivity index (χ2v) is 6.14. The van der Waals surface area contributed by atoms with Crippen molar-refractivity contribution in [2.45, 2.75) is 27.0 Å². The lowest BCUT2D eigenvalue weighted by molar-refractivity contribution is -0.117. The van der Waals surface area contributed by atoms with E-state index in [1.54, 1.807) is 37.1 Å². The first kappa shape index (κ1) is 20.6. The number of nitrogens with one attached hydrogen (secondary N) is 1. The number of amides is 1. The summed E-state index contributed by atoms with van der Waals surface area (Å²) < 4.78 is 35.6. The zero-order chi connectivity index (χ0) is 19.8. The van der Waals surface area contributed by atoms with Crippen LogP contribution in [-0.2, 0) is 11.3 Å². The van der Waals surface area contributed by atoms with Gasteiger partial charge in [0.25, 0.3) is 0 Å². The molecule has 0 aliphatic carbocycles. The maximum Gasteiger partial charge on any atom is 0.387 e. The summed E-state index contributed by atoms with van der Waals surface area (Å²) in [6.45, 7) is 1.46. The molecule has 1 amide bonds. The molecule has 5 nitrogen and oxygen atoms in total. The van der Waals surface area contributed by atoms with E-state index in [-0.39, 0.29) is 30.5 Å². The summed E-state index contributed by atoms with van der Waals surface area (Å²) in [6, 6.07) is 12.4. The highest BCUT2D eigenvalue weighted by Crippen LogP contribution is 2.33. The Hall–Kier alpha value is -2.67. The zero-order valence-electron chi connectivity index (χ0n) is 15.7. The van der Waals surface area contributed by atoms with Gasteiger partial charge >= 0.3 is 6.61 Å². The fraction of sp³-hybridized carbons (Fsp3) is 0.350.